The summed E-state index contributed by atoms with van der Waals surface area (Å²) in [5.41, 5.74) is 0.476. The summed E-state index contributed by atoms with van der Waals surface area (Å²) in [6.07, 6.45) is 0. The van der Waals surface area contributed by atoms with Crippen LogP contribution < -0.4 is 9.04 Å². The van der Waals surface area contributed by atoms with Crippen LogP contribution >= 0.6 is 0 Å². The Kier molecular flexibility index (Phi) is 5.64. The number of aromatic carboxylic acids is 1. The molecule has 3 rings (SSSR count). The smallest absolute Gasteiger partial charge is 0.335 e. The van der Waals surface area contributed by atoms with Gasteiger partial charge in [0, 0.05) is 13.1 Å². The molecule has 0 bridgehead atoms. The van der Waals surface area contributed by atoms with Crippen LogP contribution in [0, 0.1) is 0 Å². The van der Waals surface area contributed by atoms with E-state index in [1.807, 2.05) is 0 Å². The zero-order chi connectivity index (χ0) is 19.4. The lowest BCUT2D eigenvalue weighted by molar-refractivity contribution is 0.0697. The number of nitrogens with zero attached hydrogens (tertiary/aromatic N) is 2. The molecule has 1 aliphatic rings. The second-order valence-electron chi connectivity index (χ2n) is 5.81. The van der Waals surface area contributed by atoms with E-state index >= 15 is 0 Å². The van der Waals surface area contributed by atoms with Gasteiger partial charge in [-0.25, -0.2) is 9.10 Å². The summed E-state index contributed by atoms with van der Waals surface area (Å²) in [5.74, 6) is -0.906. The van der Waals surface area contributed by atoms with Crippen molar-refractivity contribution in [3.05, 3.63) is 54.1 Å². The molecule has 1 fully saturated rings. The zero-order valence-electron chi connectivity index (χ0n) is 14.7. The molecule has 0 aliphatic carbocycles. The highest BCUT2D eigenvalue weighted by Crippen LogP contribution is 2.38. The van der Waals surface area contributed by atoms with Gasteiger partial charge in [0.2, 0.25) is 0 Å². The number of rotatable bonds is 6. The van der Waals surface area contributed by atoms with Crippen molar-refractivity contribution in [1.29, 1.82) is 0 Å². The van der Waals surface area contributed by atoms with E-state index in [-0.39, 0.29) is 30.1 Å². The van der Waals surface area contributed by atoms with Gasteiger partial charge in [-0.15, -0.1) is 0 Å². The third-order valence-electron chi connectivity index (χ3n) is 4.16. The van der Waals surface area contributed by atoms with E-state index in [0.29, 0.717) is 18.9 Å². The first-order chi connectivity index (χ1) is 12.9. The third kappa shape index (κ3) is 3.90. The molecule has 1 N–H and O–H groups in total. The Morgan fingerprint density at radius 1 is 1.15 bits per heavy atom. The van der Waals surface area contributed by atoms with Gasteiger partial charge >= 0.3 is 16.2 Å². The Balaban J connectivity index is 2.19. The zero-order valence-corrected chi connectivity index (χ0v) is 15.6. The molecule has 0 unspecified atom stereocenters. The lowest BCUT2D eigenvalue weighted by Gasteiger charge is -2.33. The molecule has 2 aromatic carbocycles. The van der Waals surface area contributed by atoms with Crippen LogP contribution in [0.2, 0.25) is 0 Å². The molecule has 27 heavy (non-hydrogen) atoms. The quantitative estimate of drug-likeness (QED) is 0.809. The SMILES string of the molecule is COc1ccc(C(=O)O)cc1N(c1ccccc1)S(=O)(=O)N1CCOCC1. The molecule has 144 valence electrons. The molecule has 9 heteroatoms. The summed E-state index contributed by atoms with van der Waals surface area (Å²) in [6.45, 7) is 1.03. The summed E-state index contributed by atoms with van der Waals surface area (Å²) >= 11 is 0. The van der Waals surface area contributed by atoms with Crippen LogP contribution in [0.5, 0.6) is 5.75 Å². The molecule has 0 saturated carbocycles. The number of ether oxygens (including phenoxy) is 2. The third-order valence-corrected chi connectivity index (χ3v) is 6.05. The van der Waals surface area contributed by atoms with E-state index in [2.05, 4.69) is 0 Å². The van der Waals surface area contributed by atoms with Gasteiger partial charge in [-0.3, -0.25) is 0 Å². The number of carbonyl (C=O) groups is 1. The number of carboxylic acid groups (broad SMARTS) is 1. The molecule has 0 amide bonds. The van der Waals surface area contributed by atoms with Gasteiger partial charge in [0.25, 0.3) is 0 Å². The van der Waals surface area contributed by atoms with Crippen molar-refractivity contribution in [3.63, 3.8) is 0 Å². The first-order valence-corrected chi connectivity index (χ1v) is 9.69. The Bertz CT molecular complexity index is 911. The van der Waals surface area contributed by atoms with Gasteiger partial charge in [0.1, 0.15) is 11.4 Å². The van der Waals surface area contributed by atoms with Gasteiger partial charge in [0.15, 0.2) is 0 Å². The average molecular weight is 392 g/mol. The topological polar surface area (TPSA) is 96.4 Å². The largest absolute Gasteiger partial charge is 0.495 e. The molecule has 0 radical (unpaired) electrons. The fourth-order valence-corrected chi connectivity index (χ4v) is 4.46. The van der Waals surface area contributed by atoms with Crippen molar-refractivity contribution < 1.29 is 27.8 Å². The lowest BCUT2D eigenvalue weighted by atomic mass is 10.1. The van der Waals surface area contributed by atoms with Gasteiger partial charge < -0.3 is 14.6 Å². The summed E-state index contributed by atoms with van der Waals surface area (Å²) in [7, 11) is -2.59. The van der Waals surface area contributed by atoms with Crippen molar-refractivity contribution in [1.82, 2.24) is 4.31 Å². The summed E-state index contributed by atoms with van der Waals surface area (Å²) < 4.78 is 39.9. The minimum atomic E-state index is -3.99. The highest BCUT2D eigenvalue weighted by Gasteiger charge is 2.34. The monoisotopic (exact) mass is 392 g/mol. The fourth-order valence-electron chi connectivity index (χ4n) is 2.83. The van der Waals surface area contributed by atoms with Gasteiger partial charge in [0.05, 0.1) is 31.6 Å². The lowest BCUT2D eigenvalue weighted by Crippen LogP contribution is -2.47. The predicted molar refractivity (Wildman–Crippen MR) is 99.8 cm³/mol. The standard InChI is InChI=1S/C18H20N2O6S/c1-25-17-8-7-14(18(21)22)13-16(17)20(15-5-3-2-4-6-15)27(23,24)19-9-11-26-12-10-19/h2-8,13H,9-12H2,1H3,(H,21,22). The van der Waals surface area contributed by atoms with Gasteiger partial charge in [-0.05, 0) is 30.3 Å². The van der Waals surface area contributed by atoms with Crippen LogP contribution in [0.1, 0.15) is 10.4 Å². The molecule has 8 nitrogen and oxygen atoms in total. The number of benzene rings is 2. The molecule has 0 spiro atoms. The molecular weight excluding hydrogens is 372 g/mol. The van der Waals surface area contributed by atoms with Crippen LogP contribution in [0.25, 0.3) is 0 Å². The summed E-state index contributed by atoms with van der Waals surface area (Å²) in [4.78, 5) is 11.4. The second-order valence-corrected chi connectivity index (χ2v) is 7.59. The van der Waals surface area contributed by atoms with E-state index in [0.717, 1.165) is 4.31 Å². The Labute approximate surface area is 157 Å². The Morgan fingerprint density at radius 2 is 1.81 bits per heavy atom. The fraction of sp³-hybridized carbons (Fsp3) is 0.278. The van der Waals surface area contributed by atoms with Crippen LogP contribution in [0.15, 0.2) is 48.5 Å². The maximum Gasteiger partial charge on any atom is 0.335 e. The number of hydrogen-bond acceptors (Lipinski definition) is 5. The van der Waals surface area contributed by atoms with Crippen LogP contribution in [0.4, 0.5) is 11.4 Å². The summed E-state index contributed by atoms with van der Waals surface area (Å²) in [5, 5.41) is 9.34. The minimum Gasteiger partial charge on any atom is -0.495 e. The number of anilines is 2. The predicted octanol–water partition coefficient (Wildman–Crippen LogP) is 2.11. The Hall–Kier alpha value is -2.62. The van der Waals surface area contributed by atoms with E-state index in [1.165, 1.54) is 29.6 Å². The average Bonchev–Trinajstić information content (AvgIpc) is 2.69. The number of para-hydroxylation sites is 1. The van der Waals surface area contributed by atoms with Crippen molar-refractivity contribution in [2.75, 3.05) is 37.7 Å². The number of methoxy groups -OCH3 is 1. The van der Waals surface area contributed by atoms with Crippen LogP contribution in [0.3, 0.4) is 0 Å². The number of hydrogen-bond donors (Lipinski definition) is 1. The highest BCUT2D eigenvalue weighted by molar-refractivity contribution is 7.90. The maximum atomic E-state index is 13.4. The molecule has 2 aromatic rings. The molecule has 1 aliphatic heterocycles. The van der Waals surface area contributed by atoms with Crippen molar-refractivity contribution >= 4 is 27.6 Å². The van der Waals surface area contributed by atoms with E-state index in [4.69, 9.17) is 9.47 Å². The summed E-state index contributed by atoms with van der Waals surface area (Å²) in [6, 6.07) is 12.6. The minimum absolute atomic E-state index is 0.0380. The first-order valence-electron chi connectivity index (χ1n) is 8.29. The van der Waals surface area contributed by atoms with E-state index in [1.54, 1.807) is 30.3 Å². The van der Waals surface area contributed by atoms with Gasteiger partial charge in [-0.1, -0.05) is 18.2 Å². The highest BCUT2D eigenvalue weighted by atomic mass is 32.2. The van der Waals surface area contributed by atoms with Crippen LogP contribution in [-0.2, 0) is 14.9 Å². The van der Waals surface area contributed by atoms with Gasteiger partial charge in [-0.2, -0.15) is 12.7 Å². The van der Waals surface area contributed by atoms with Crippen molar-refractivity contribution in [3.8, 4) is 5.75 Å². The van der Waals surface area contributed by atoms with E-state index < -0.39 is 16.2 Å². The second kappa shape index (κ2) is 7.95. The molecule has 1 heterocycles. The van der Waals surface area contributed by atoms with Crippen molar-refractivity contribution in [2.45, 2.75) is 0 Å². The molecular formula is C18H20N2O6S. The molecule has 1 saturated heterocycles. The number of carboxylic acids is 1. The van der Waals surface area contributed by atoms with E-state index in [9.17, 15) is 18.3 Å². The first kappa shape index (κ1) is 19.2. The van der Waals surface area contributed by atoms with Crippen LogP contribution in [-0.4, -0.2) is 57.2 Å². The normalized spacial score (nSPS) is 15.3. The van der Waals surface area contributed by atoms with Crippen molar-refractivity contribution in [2.24, 2.45) is 0 Å². The Morgan fingerprint density at radius 3 is 2.41 bits per heavy atom. The number of morpholine rings is 1. The maximum absolute atomic E-state index is 13.4. The molecule has 0 atom stereocenters. The molecule has 0 aromatic heterocycles.